The number of fused-ring (bicyclic) bond motifs is 1. The summed E-state index contributed by atoms with van der Waals surface area (Å²) in [5, 5.41) is 9.17. The standard InChI is InChI=1S/C7H2ClN3S/c8-5-1-2-6-7(4(5)3-9)11-12-10-6/h1-2H. The second kappa shape index (κ2) is 2.70. The molecule has 2 aromatic rings. The number of benzene rings is 1. The molecule has 58 valence electrons. The first-order chi connectivity index (χ1) is 5.83. The van der Waals surface area contributed by atoms with E-state index < -0.39 is 0 Å². The lowest BCUT2D eigenvalue weighted by Crippen LogP contribution is -1.79. The quantitative estimate of drug-likeness (QED) is 0.648. The largest absolute Gasteiger partial charge is 0.192 e. The van der Waals surface area contributed by atoms with E-state index in [0.717, 1.165) is 17.2 Å². The van der Waals surface area contributed by atoms with Gasteiger partial charge in [-0.2, -0.15) is 14.0 Å². The molecule has 0 aliphatic carbocycles. The molecule has 3 nitrogen and oxygen atoms in total. The molecule has 1 aromatic heterocycles. The molecule has 12 heavy (non-hydrogen) atoms. The van der Waals surface area contributed by atoms with Gasteiger partial charge >= 0.3 is 0 Å². The summed E-state index contributed by atoms with van der Waals surface area (Å²) in [4.78, 5) is 0. The van der Waals surface area contributed by atoms with Gasteiger partial charge in [-0.05, 0) is 12.1 Å². The van der Waals surface area contributed by atoms with E-state index in [1.54, 1.807) is 12.1 Å². The SMILES string of the molecule is N#Cc1c(Cl)ccc2nsnc12. The molecule has 0 fully saturated rings. The lowest BCUT2D eigenvalue weighted by atomic mass is 10.2. The summed E-state index contributed by atoms with van der Waals surface area (Å²) in [5.74, 6) is 0. The van der Waals surface area contributed by atoms with Crippen LogP contribution in [0.25, 0.3) is 11.0 Å². The van der Waals surface area contributed by atoms with Crippen molar-refractivity contribution in [3.63, 3.8) is 0 Å². The normalized spacial score (nSPS) is 10.0. The smallest absolute Gasteiger partial charge is 0.124 e. The van der Waals surface area contributed by atoms with Crippen LogP contribution in [0, 0.1) is 11.3 Å². The molecular weight excluding hydrogens is 194 g/mol. The summed E-state index contributed by atoms with van der Waals surface area (Å²) >= 11 is 6.86. The van der Waals surface area contributed by atoms with Gasteiger partial charge < -0.3 is 0 Å². The minimum atomic E-state index is 0.405. The number of nitrogens with zero attached hydrogens (tertiary/aromatic N) is 3. The van der Waals surface area contributed by atoms with Crippen LogP contribution in [0.3, 0.4) is 0 Å². The van der Waals surface area contributed by atoms with Crippen molar-refractivity contribution in [3.8, 4) is 6.07 Å². The highest BCUT2D eigenvalue weighted by Crippen LogP contribution is 2.23. The van der Waals surface area contributed by atoms with Gasteiger partial charge in [0.2, 0.25) is 0 Å². The summed E-state index contributed by atoms with van der Waals surface area (Å²) in [6.07, 6.45) is 0. The van der Waals surface area contributed by atoms with Crippen molar-refractivity contribution in [1.82, 2.24) is 8.75 Å². The Morgan fingerprint density at radius 3 is 3.00 bits per heavy atom. The van der Waals surface area contributed by atoms with Crippen molar-refractivity contribution >= 4 is 34.4 Å². The van der Waals surface area contributed by atoms with Crippen molar-refractivity contribution in [2.75, 3.05) is 0 Å². The van der Waals surface area contributed by atoms with Crippen LogP contribution in [0.5, 0.6) is 0 Å². The van der Waals surface area contributed by atoms with Crippen molar-refractivity contribution in [2.45, 2.75) is 0 Å². The van der Waals surface area contributed by atoms with Crippen LogP contribution in [0.15, 0.2) is 12.1 Å². The van der Waals surface area contributed by atoms with Gasteiger partial charge in [0.1, 0.15) is 17.1 Å². The van der Waals surface area contributed by atoms with Crippen molar-refractivity contribution in [3.05, 3.63) is 22.7 Å². The van der Waals surface area contributed by atoms with Crippen LogP contribution in [0.2, 0.25) is 5.02 Å². The fraction of sp³-hybridized carbons (Fsp3) is 0. The van der Waals surface area contributed by atoms with Crippen molar-refractivity contribution in [1.29, 1.82) is 5.26 Å². The first-order valence-corrected chi connectivity index (χ1v) is 4.24. The van der Waals surface area contributed by atoms with E-state index >= 15 is 0 Å². The van der Waals surface area contributed by atoms with E-state index in [1.165, 1.54) is 0 Å². The van der Waals surface area contributed by atoms with Crippen molar-refractivity contribution < 1.29 is 0 Å². The van der Waals surface area contributed by atoms with E-state index in [4.69, 9.17) is 16.9 Å². The predicted molar refractivity (Wildman–Crippen MR) is 47.1 cm³/mol. The third-order valence-electron chi connectivity index (χ3n) is 1.49. The molecule has 0 unspecified atom stereocenters. The summed E-state index contributed by atoms with van der Waals surface area (Å²) in [7, 11) is 0. The minimum absolute atomic E-state index is 0.405. The van der Waals surface area contributed by atoms with E-state index in [-0.39, 0.29) is 0 Å². The van der Waals surface area contributed by atoms with E-state index in [2.05, 4.69) is 8.75 Å². The summed E-state index contributed by atoms with van der Waals surface area (Å²) in [5.41, 5.74) is 1.72. The Morgan fingerprint density at radius 1 is 1.42 bits per heavy atom. The number of hydrogen-bond acceptors (Lipinski definition) is 4. The Kier molecular flexibility index (Phi) is 1.68. The molecule has 0 saturated heterocycles. The zero-order valence-electron chi connectivity index (χ0n) is 5.78. The summed E-state index contributed by atoms with van der Waals surface area (Å²) < 4.78 is 7.96. The molecule has 2 rings (SSSR count). The van der Waals surface area contributed by atoms with Gasteiger partial charge in [0, 0.05) is 0 Å². The minimum Gasteiger partial charge on any atom is -0.192 e. The molecule has 1 aromatic carbocycles. The molecule has 0 amide bonds. The number of halogens is 1. The highest BCUT2D eigenvalue weighted by atomic mass is 35.5. The van der Waals surface area contributed by atoms with Gasteiger partial charge in [-0.15, -0.1) is 0 Å². The first kappa shape index (κ1) is 7.47. The predicted octanol–water partition coefficient (Wildman–Crippen LogP) is 2.22. The maximum Gasteiger partial charge on any atom is 0.124 e. The first-order valence-electron chi connectivity index (χ1n) is 3.14. The summed E-state index contributed by atoms with van der Waals surface area (Å²) in [6.45, 7) is 0. The van der Waals surface area contributed by atoms with E-state index in [0.29, 0.717) is 16.1 Å². The number of rotatable bonds is 0. The van der Waals surface area contributed by atoms with Crippen LogP contribution in [-0.2, 0) is 0 Å². The Morgan fingerprint density at radius 2 is 2.25 bits per heavy atom. The van der Waals surface area contributed by atoms with Gasteiger partial charge in [0.15, 0.2) is 0 Å². The average Bonchev–Trinajstić information content (AvgIpc) is 2.52. The van der Waals surface area contributed by atoms with Crippen LogP contribution >= 0.6 is 23.3 Å². The zero-order chi connectivity index (χ0) is 8.55. The fourth-order valence-corrected chi connectivity index (χ4v) is 1.67. The zero-order valence-corrected chi connectivity index (χ0v) is 7.35. The second-order valence-electron chi connectivity index (χ2n) is 2.17. The fourth-order valence-electron chi connectivity index (χ4n) is 0.933. The van der Waals surface area contributed by atoms with Crippen molar-refractivity contribution in [2.24, 2.45) is 0 Å². The second-order valence-corrected chi connectivity index (χ2v) is 3.10. The maximum atomic E-state index is 8.74. The molecule has 0 aliphatic heterocycles. The van der Waals surface area contributed by atoms with Gasteiger partial charge in [0.05, 0.1) is 22.3 Å². The Bertz CT molecular complexity index is 471. The molecule has 0 aliphatic rings. The van der Waals surface area contributed by atoms with Gasteiger partial charge in [-0.1, -0.05) is 11.6 Å². The molecule has 0 radical (unpaired) electrons. The molecule has 0 bridgehead atoms. The molecule has 5 heteroatoms. The van der Waals surface area contributed by atoms with Gasteiger partial charge in [-0.3, -0.25) is 0 Å². The van der Waals surface area contributed by atoms with E-state index in [1.807, 2.05) is 6.07 Å². The molecule has 0 atom stereocenters. The van der Waals surface area contributed by atoms with Crippen LogP contribution in [0.4, 0.5) is 0 Å². The summed E-state index contributed by atoms with van der Waals surface area (Å²) in [6, 6.07) is 5.41. The van der Waals surface area contributed by atoms with E-state index in [9.17, 15) is 0 Å². The maximum absolute atomic E-state index is 8.74. The number of nitriles is 1. The van der Waals surface area contributed by atoms with Gasteiger partial charge in [-0.25, -0.2) is 0 Å². The average molecular weight is 196 g/mol. The Hall–Kier alpha value is -1.18. The lowest BCUT2D eigenvalue weighted by molar-refractivity contribution is 1.49. The highest BCUT2D eigenvalue weighted by molar-refractivity contribution is 7.00. The lowest BCUT2D eigenvalue weighted by Gasteiger charge is -1.92. The van der Waals surface area contributed by atoms with Crippen LogP contribution in [0.1, 0.15) is 5.56 Å². The topological polar surface area (TPSA) is 49.6 Å². The van der Waals surface area contributed by atoms with Crippen LogP contribution < -0.4 is 0 Å². The Balaban J connectivity index is 2.94. The van der Waals surface area contributed by atoms with Crippen LogP contribution in [-0.4, -0.2) is 8.75 Å². The number of aromatic nitrogens is 2. The third kappa shape index (κ3) is 0.951. The molecule has 0 N–H and O–H groups in total. The number of hydrogen-bond donors (Lipinski definition) is 0. The van der Waals surface area contributed by atoms with Gasteiger partial charge in [0.25, 0.3) is 0 Å². The monoisotopic (exact) mass is 195 g/mol. The molecule has 1 heterocycles. The highest BCUT2D eigenvalue weighted by Gasteiger charge is 2.07. The molecular formula is C7H2ClN3S. The third-order valence-corrected chi connectivity index (χ3v) is 2.35. The Labute approximate surface area is 77.5 Å². The molecule has 0 spiro atoms. The molecule has 0 saturated carbocycles.